The van der Waals surface area contributed by atoms with Crippen LogP contribution in [0.15, 0.2) is 78.9 Å². The fourth-order valence-corrected chi connectivity index (χ4v) is 6.30. The molecule has 0 atom stereocenters. The van der Waals surface area contributed by atoms with Crippen LogP contribution in [0.5, 0.6) is 0 Å². The highest BCUT2D eigenvalue weighted by Crippen LogP contribution is 2.30. The zero-order valence-corrected chi connectivity index (χ0v) is 24.8. The molecule has 5 nitrogen and oxygen atoms in total. The number of rotatable bonds is 12. The third kappa shape index (κ3) is 8.67. The molecule has 0 aromatic heterocycles. The number of anilines is 1. The highest BCUT2D eigenvalue weighted by atomic mass is 16.6. The molecule has 218 valence electrons. The Morgan fingerprint density at radius 2 is 1.34 bits per heavy atom. The van der Waals surface area contributed by atoms with Crippen molar-refractivity contribution in [1.29, 1.82) is 0 Å². The van der Waals surface area contributed by atoms with Crippen LogP contribution < -0.4 is 5.32 Å². The fraction of sp³-hybridized carbons (Fsp3) is 0.472. The van der Waals surface area contributed by atoms with E-state index in [1.165, 1.54) is 63.6 Å². The Morgan fingerprint density at radius 1 is 0.732 bits per heavy atom. The molecule has 0 spiro atoms. The van der Waals surface area contributed by atoms with E-state index in [0.29, 0.717) is 0 Å². The second kappa shape index (κ2) is 14.7. The Morgan fingerprint density at radius 3 is 2.10 bits per heavy atom. The highest BCUT2D eigenvalue weighted by Gasteiger charge is 2.33. The summed E-state index contributed by atoms with van der Waals surface area (Å²) in [5.74, 6) is 0. The molecule has 3 aromatic carbocycles. The molecule has 0 saturated carbocycles. The summed E-state index contributed by atoms with van der Waals surface area (Å²) in [6.45, 7) is 8.79. The van der Waals surface area contributed by atoms with E-state index in [4.69, 9.17) is 4.74 Å². The fourth-order valence-electron chi connectivity index (χ4n) is 6.30. The molecule has 1 N–H and O–H groups in total. The standard InChI is InChI=1S/C36H47N3O2/c1-36(41-35(40)37-34-20-12-11-19-33(34)31-16-7-6-8-17-31)22-27-38(28-23-36)24-13-4-2-3-5-14-25-39-26-21-30-15-9-10-18-32(30)29-39/h6-12,15-20H,2-5,13-14,21-29H2,1H3,(H,37,40). The number of piperidine rings is 1. The van der Waals surface area contributed by atoms with Gasteiger partial charge >= 0.3 is 6.09 Å². The molecule has 0 radical (unpaired) electrons. The van der Waals surface area contributed by atoms with Gasteiger partial charge in [-0.1, -0.05) is 98.5 Å². The van der Waals surface area contributed by atoms with Crippen molar-refractivity contribution in [1.82, 2.24) is 9.80 Å². The average molecular weight is 554 g/mol. The molecule has 5 heteroatoms. The maximum atomic E-state index is 12.9. The van der Waals surface area contributed by atoms with Crippen molar-refractivity contribution in [2.24, 2.45) is 0 Å². The number of fused-ring (bicyclic) bond motifs is 1. The highest BCUT2D eigenvalue weighted by molar-refractivity contribution is 5.91. The quantitative estimate of drug-likeness (QED) is 0.230. The SMILES string of the molecule is CC1(OC(=O)Nc2ccccc2-c2ccccc2)CCN(CCCCCCCCN2CCc3ccccc3C2)CC1. The number of hydrogen-bond donors (Lipinski definition) is 1. The number of para-hydroxylation sites is 1. The van der Waals surface area contributed by atoms with Gasteiger partial charge in [0.1, 0.15) is 5.60 Å². The van der Waals surface area contributed by atoms with E-state index < -0.39 is 5.60 Å². The van der Waals surface area contributed by atoms with Gasteiger partial charge in [-0.05, 0) is 74.9 Å². The minimum atomic E-state index is -0.418. The van der Waals surface area contributed by atoms with Crippen molar-refractivity contribution >= 4 is 11.8 Å². The van der Waals surface area contributed by atoms with E-state index in [2.05, 4.69) is 58.4 Å². The monoisotopic (exact) mass is 553 g/mol. The number of unbranched alkanes of at least 4 members (excludes halogenated alkanes) is 5. The number of carbonyl (C=O) groups excluding carboxylic acids is 1. The topological polar surface area (TPSA) is 44.8 Å². The molecule has 1 amide bonds. The van der Waals surface area contributed by atoms with Crippen molar-refractivity contribution in [3.8, 4) is 11.1 Å². The molecule has 41 heavy (non-hydrogen) atoms. The van der Waals surface area contributed by atoms with Gasteiger partial charge in [-0.15, -0.1) is 0 Å². The number of hydrogen-bond acceptors (Lipinski definition) is 4. The minimum absolute atomic E-state index is 0.366. The van der Waals surface area contributed by atoms with Gasteiger partial charge < -0.3 is 9.64 Å². The van der Waals surface area contributed by atoms with Crippen LogP contribution in [0.2, 0.25) is 0 Å². The lowest BCUT2D eigenvalue weighted by Crippen LogP contribution is -2.46. The maximum absolute atomic E-state index is 12.9. The normalized spacial score (nSPS) is 17.1. The molecule has 0 aliphatic carbocycles. The minimum Gasteiger partial charge on any atom is -0.443 e. The van der Waals surface area contributed by atoms with Crippen LogP contribution in [0, 0.1) is 0 Å². The van der Waals surface area contributed by atoms with Gasteiger partial charge in [0.25, 0.3) is 0 Å². The Kier molecular flexibility index (Phi) is 10.5. The number of nitrogens with zero attached hydrogens (tertiary/aromatic N) is 2. The van der Waals surface area contributed by atoms with Crippen molar-refractivity contribution in [2.75, 3.05) is 38.0 Å². The molecule has 0 bridgehead atoms. The van der Waals surface area contributed by atoms with E-state index in [1.54, 1.807) is 5.56 Å². The van der Waals surface area contributed by atoms with Gasteiger partial charge in [-0.3, -0.25) is 10.2 Å². The smallest absolute Gasteiger partial charge is 0.412 e. The molecule has 3 aromatic rings. The molecule has 2 aliphatic heterocycles. The number of ether oxygens (including phenoxy) is 1. The first-order chi connectivity index (χ1) is 20.1. The lowest BCUT2D eigenvalue weighted by atomic mass is 9.93. The van der Waals surface area contributed by atoms with Crippen molar-refractivity contribution < 1.29 is 9.53 Å². The van der Waals surface area contributed by atoms with E-state index >= 15 is 0 Å². The van der Waals surface area contributed by atoms with E-state index in [-0.39, 0.29) is 6.09 Å². The summed E-state index contributed by atoms with van der Waals surface area (Å²) in [6, 6.07) is 26.9. The molecule has 2 aliphatic rings. The van der Waals surface area contributed by atoms with Gasteiger partial charge in [-0.25, -0.2) is 4.79 Å². The lowest BCUT2D eigenvalue weighted by Gasteiger charge is -2.38. The second-order valence-electron chi connectivity index (χ2n) is 12.1. The maximum Gasteiger partial charge on any atom is 0.412 e. The molecule has 1 saturated heterocycles. The van der Waals surface area contributed by atoms with Crippen LogP contribution in [0.4, 0.5) is 10.5 Å². The first kappa shape index (κ1) is 29.3. The predicted molar refractivity (Wildman–Crippen MR) is 169 cm³/mol. The molecule has 0 unspecified atom stereocenters. The number of benzene rings is 3. The summed E-state index contributed by atoms with van der Waals surface area (Å²) in [5, 5.41) is 3.00. The first-order valence-electron chi connectivity index (χ1n) is 15.7. The number of amides is 1. The Balaban J connectivity index is 0.929. The Bertz CT molecular complexity index is 1240. The van der Waals surface area contributed by atoms with E-state index in [1.807, 2.05) is 42.5 Å². The van der Waals surface area contributed by atoms with Crippen LogP contribution in [0.3, 0.4) is 0 Å². The van der Waals surface area contributed by atoms with Crippen LogP contribution in [0.25, 0.3) is 11.1 Å². The predicted octanol–water partition coefficient (Wildman–Crippen LogP) is 8.16. The average Bonchev–Trinajstić information content (AvgIpc) is 3.00. The third-order valence-corrected chi connectivity index (χ3v) is 8.91. The van der Waals surface area contributed by atoms with Crippen molar-refractivity contribution in [3.05, 3.63) is 90.0 Å². The zero-order chi connectivity index (χ0) is 28.3. The van der Waals surface area contributed by atoms with Crippen LogP contribution in [-0.2, 0) is 17.7 Å². The van der Waals surface area contributed by atoms with E-state index in [9.17, 15) is 4.79 Å². The molecular formula is C36H47N3O2. The Hall–Kier alpha value is -3.15. The van der Waals surface area contributed by atoms with Crippen molar-refractivity contribution in [2.45, 2.75) is 76.9 Å². The molecular weight excluding hydrogens is 506 g/mol. The second-order valence-corrected chi connectivity index (χ2v) is 12.1. The number of likely N-dealkylation sites (tertiary alicyclic amines) is 1. The summed E-state index contributed by atoms with van der Waals surface area (Å²) in [7, 11) is 0. The summed E-state index contributed by atoms with van der Waals surface area (Å²) in [6.07, 6.45) is 10.5. The summed E-state index contributed by atoms with van der Waals surface area (Å²) >= 11 is 0. The van der Waals surface area contributed by atoms with Crippen molar-refractivity contribution in [3.63, 3.8) is 0 Å². The summed E-state index contributed by atoms with van der Waals surface area (Å²) in [5.41, 5.74) is 5.50. The van der Waals surface area contributed by atoms with Crippen LogP contribution >= 0.6 is 0 Å². The largest absolute Gasteiger partial charge is 0.443 e. The summed E-state index contributed by atoms with van der Waals surface area (Å²) < 4.78 is 5.98. The number of nitrogens with one attached hydrogen (secondary N) is 1. The number of carbonyl (C=O) groups is 1. The lowest BCUT2D eigenvalue weighted by molar-refractivity contribution is -0.0163. The zero-order valence-electron chi connectivity index (χ0n) is 24.8. The van der Waals surface area contributed by atoms with Gasteiger partial charge in [0, 0.05) is 31.7 Å². The van der Waals surface area contributed by atoms with Gasteiger partial charge in [0.15, 0.2) is 0 Å². The third-order valence-electron chi connectivity index (χ3n) is 8.91. The molecule has 2 heterocycles. The van der Waals surface area contributed by atoms with Gasteiger partial charge in [0.2, 0.25) is 0 Å². The Labute approximate surface area is 246 Å². The van der Waals surface area contributed by atoms with Gasteiger partial charge in [-0.2, -0.15) is 0 Å². The molecule has 5 rings (SSSR count). The molecule has 1 fully saturated rings. The van der Waals surface area contributed by atoms with Crippen LogP contribution in [-0.4, -0.2) is 54.2 Å². The van der Waals surface area contributed by atoms with Crippen LogP contribution in [0.1, 0.15) is 69.4 Å². The van der Waals surface area contributed by atoms with E-state index in [0.717, 1.165) is 55.8 Å². The van der Waals surface area contributed by atoms with Gasteiger partial charge in [0.05, 0.1) is 5.69 Å². The first-order valence-corrected chi connectivity index (χ1v) is 15.7. The summed E-state index contributed by atoms with van der Waals surface area (Å²) in [4.78, 5) is 18.0.